The number of quaternary nitrogens is 2. The molecule has 4 aromatic carbocycles. The third-order valence-electron chi connectivity index (χ3n) is 9.16. The summed E-state index contributed by atoms with van der Waals surface area (Å²) < 4.78 is 0. The Morgan fingerprint density at radius 3 is 1.02 bits per heavy atom. The van der Waals surface area contributed by atoms with Crippen LogP contribution in [0, 0.1) is 0 Å². The molecule has 0 atom stereocenters. The van der Waals surface area contributed by atoms with E-state index in [1.807, 2.05) is 24.3 Å². The van der Waals surface area contributed by atoms with Crippen molar-refractivity contribution in [3.05, 3.63) is 116 Å². The molecule has 8 nitrogen and oxygen atoms in total. The molecule has 0 spiro atoms. The van der Waals surface area contributed by atoms with Crippen LogP contribution in [0.25, 0.3) is 10.8 Å². The van der Waals surface area contributed by atoms with Crippen LogP contribution in [0.15, 0.2) is 60.7 Å². The normalized spacial score (nSPS) is 15.0. The molecule has 6 rings (SSSR count). The van der Waals surface area contributed by atoms with E-state index >= 15 is 0 Å². The predicted molar refractivity (Wildman–Crippen MR) is 176 cm³/mol. The number of hydrogen-bond acceptors (Lipinski definition) is 4. The van der Waals surface area contributed by atoms with Crippen molar-refractivity contribution in [1.29, 1.82) is 0 Å². The molecule has 2 aliphatic rings. The minimum Gasteiger partial charge on any atom is -0.354 e. The van der Waals surface area contributed by atoms with Crippen LogP contribution in [0.3, 0.4) is 0 Å². The summed E-state index contributed by atoms with van der Waals surface area (Å²) in [6.07, 6.45) is 0. The van der Waals surface area contributed by atoms with E-state index in [0.29, 0.717) is 46.1 Å². The molecule has 4 aromatic rings. The van der Waals surface area contributed by atoms with Crippen LogP contribution in [0.5, 0.6) is 0 Å². The summed E-state index contributed by atoms with van der Waals surface area (Å²) in [5, 5.41) is 0.747. The SMILES string of the molecule is CC(C)(C)c1cc(C[NH3+])cc(CN2C(=O)c3ccc4c5c(ccc(c35)C2=O)C(=O)N(Cc2cc(C[NH3+])cc(C(C)(C)C)c2)C4=O)c1. The third-order valence-corrected chi connectivity index (χ3v) is 9.16. The zero-order valence-electron chi connectivity index (χ0n) is 27.5. The highest BCUT2D eigenvalue weighted by molar-refractivity contribution is 6.33. The van der Waals surface area contributed by atoms with Crippen molar-refractivity contribution in [2.75, 3.05) is 0 Å². The fourth-order valence-corrected chi connectivity index (χ4v) is 6.49. The van der Waals surface area contributed by atoms with Crippen molar-refractivity contribution in [3.63, 3.8) is 0 Å². The van der Waals surface area contributed by atoms with E-state index in [1.165, 1.54) is 9.80 Å². The van der Waals surface area contributed by atoms with Crippen molar-refractivity contribution in [2.45, 2.75) is 78.6 Å². The fraction of sp³-hybridized carbons (Fsp3) is 0.316. The molecule has 2 heterocycles. The van der Waals surface area contributed by atoms with E-state index in [2.05, 4.69) is 65.1 Å². The number of carbonyl (C=O) groups excluding carboxylic acids is 4. The van der Waals surface area contributed by atoms with Crippen molar-refractivity contribution < 1.29 is 30.6 Å². The Hall–Kier alpha value is -4.66. The van der Waals surface area contributed by atoms with Gasteiger partial charge in [0.1, 0.15) is 0 Å². The first kappa shape index (κ1) is 31.3. The minimum absolute atomic E-state index is 0.105. The lowest BCUT2D eigenvalue weighted by molar-refractivity contribution is -0.386. The lowest BCUT2D eigenvalue weighted by Crippen LogP contribution is -2.47. The maximum atomic E-state index is 13.9. The minimum atomic E-state index is -0.444. The van der Waals surface area contributed by atoms with Crippen LogP contribution in [-0.2, 0) is 37.0 Å². The maximum absolute atomic E-state index is 13.9. The Morgan fingerprint density at radius 2 is 0.761 bits per heavy atom. The molecule has 0 aromatic heterocycles. The molecule has 8 heteroatoms. The number of imide groups is 2. The number of benzene rings is 4. The zero-order chi connectivity index (χ0) is 33.3. The molecule has 4 amide bonds. The maximum Gasteiger partial charge on any atom is 0.261 e. The number of carbonyl (C=O) groups is 4. The molecule has 6 N–H and O–H groups in total. The van der Waals surface area contributed by atoms with Gasteiger partial charge in [0.2, 0.25) is 0 Å². The molecule has 236 valence electrons. The summed E-state index contributed by atoms with van der Waals surface area (Å²) in [6.45, 7) is 14.1. The Kier molecular flexibility index (Phi) is 7.49. The lowest BCUT2D eigenvalue weighted by Gasteiger charge is -2.32. The number of amides is 4. The van der Waals surface area contributed by atoms with Gasteiger partial charge in [-0.2, -0.15) is 0 Å². The molecule has 0 bridgehead atoms. The first-order valence-electron chi connectivity index (χ1n) is 15.8. The summed E-state index contributed by atoms with van der Waals surface area (Å²) in [5.74, 6) is -1.78. The van der Waals surface area contributed by atoms with Crippen molar-refractivity contribution >= 4 is 34.4 Å². The van der Waals surface area contributed by atoms with E-state index in [9.17, 15) is 19.2 Å². The van der Waals surface area contributed by atoms with Crippen molar-refractivity contribution in [3.8, 4) is 0 Å². The molecule has 46 heavy (non-hydrogen) atoms. The summed E-state index contributed by atoms with van der Waals surface area (Å²) in [7, 11) is 0. The van der Waals surface area contributed by atoms with Gasteiger partial charge < -0.3 is 11.5 Å². The molecule has 0 unspecified atom stereocenters. The zero-order valence-corrected chi connectivity index (χ0v) is 27.5. The van der Waals surface area contributed by atoms with Gasteiger partial charge in [0.25, 0.3) is 23.6 Å². The van der Waals surface area contributed by atoms with Gasteiger partial charge in [-0.05, 0) is 81.6 Å². The second kappa shape index (κ2) is 11.0. The monoisotopic (exact) mass is 618 g/mol. The van der Waals surface area contributed by atoms with Gasteiger partial charge >= 0.3 is 0 Å². The molecule has 0 saturated heterocycles. The molecule has 0 aliphatic carbocycles. The van der Waals surface area contributed by atoms with Gasteiger partial charge in [-0.15, -0.1) is 0 Å². The van der Waals surface area contributed by atoms with Gasteiger partial charge in [-0.3, -0.25) is 29.0 Å². The first-order valence-corrected chi connectivity index (χ1v) is 15.8. The van der Waals surface area contributed by atoms with Crippen molar-refractivity contribution in [2.24, 2.45) is 0 Å². The van der Waals surface area contributed by atoms with Gasteiger partial charge in [0.05, 0.1) is 26.2 Å². The number of hydrogen-bond donors (Lipinski definition) is 2. The topological polar surface area (TPSA) is 130 Å². The predicted octanol–water partition coefficient (Wildman–Crippen LogP) is 4.51. The van der Waals surface area contributed by atoms with Gasteiger partial charge in [0, 0.05) is 44.2 Å². The molecular formula is C38H42N4O4+2. The standard InChI is InChI=1S/C38H40N4O4/c1-37(2,3)25-13-21(17-39)11-23(15-25)19-41-33(43)27-7-9-29-32-30(10-8-28(31(27)32)34(41)44)36(46)42(35(29)45)20-24-12-22(18-40)14-26(16-24)38(4,5)6/h7-16H,17-20,39-40H2,1-6H3/p+2. The second-order valence-electron chi connectivity index (χ2n) is 14.5. The van der Waals surface area contributed by atoms with Crippen LogP contribution in [0.2, 0.25) is 0 Å². The summed E-state index contributed by atoms with van der Waals surface area (Å²) in [4.78, 5) is 58.2. The Morgan fingerprint density at radius 1 is 0.478 bits per heavy atom. The van der Waals surface area contributed by atoms with E-state index in [-0.39, 0.29) is 23.9 Å². The Labute approximate surface area is 269 Å². The Bertz CT molecular complexity index is 1770. The highest BCUT2D eigenvalue weighted by Crippen LogP contribution is 2.39. The lowest BCUT2D eigenvalue weighted by atomic mass is 9.84. The van der Waals surface area contributed by atoms with Crippen LogP contribution < -0.4 is 11.5 Å². The third kappa shape index (κ3) is 5.21. The number of nitrogens with zero attached hydrogens (tertiary/aromatic N) is 2. The van der Waals surface area contributed by atoms with Crippen LogP contribution in [0.1, 0.15) is 116 Å². The molecular weight excluding hydrogens is 576 g/mol. The molecule has 0 radical (unpaired) electrons. The highest BCUT2D eigenvalue weighted by Gasteiger charge is 2.40. The summed E-state index contributed by atoms with van der Waals surface area (Å²) in [6, 6.07) is 18.8. The quantitative estimate of drug-likeness (QED) is 0.308. The fourth-order valence-electron chi connectivity index (χ4n) is 6.49. The van der Waals surface area contributed by atoms with Crippen LogP contribution in [-0.4, -0.2) is 33.4 Å². The highest BCUT2D eigenvalue weighted by atomic mass is 16.2. The number of rotatable bonds is 6. The van der Waals surface area contributed by atoms with Crippen LogP contribution in [0.4, 0.5) is 0 Å². The largest absolute Gasteiger partial charge is 0.354 e. The summed E-state index contributed by atoms with van der Waals surface area (Å²) in [5.41, 5.74) is 15.1. The van der Waals surface area contributed by atoms with Gasteiger partial charge in [0.15, 0.2) is 0 Å². The Balaban J connectivity index is 1.38. The second-order valence-corrected chi connectivity index (χ2v) is 14.5. The first-order chi connectivity index (χ1) is 21.6. The van der Waals surface area contributed by atoms with Gasteiger partial charge in [-0.1, -0.05) is 53.7 Å². The molecule has 0 fully saturated rings. The van der Waals surface area contributed by atoms with E-state index in [0.717, 1.165) is 33.4 Å². The van der Waals surface area contributed by atoms with E-state index in [1.54, 1.807) is 24.3 Å². The summed E-state index contributed by atoms with van der Waals surface area (Å²) >= 11 is 0. The molecule has 0 saturated carbocycles. The van der Waals surface area contributed by atoms with E-state index < -0.39 is 23.6 Å². The van der Waals surface area contributed by atoms with Gasteiger partial charge in [-0.25, -0.2) is 0 Å². The molecule has 2 aliphatic heterocycles. The van der Waals surface area contributed by atoms with Crippen LogP contribution >= 0.6 is 0 Å². The van der Waals surface area contributed by atoms with Crippen molar-refractivity contribution in [1.82, 2.24) is 9.80 Å². The van der Waals surface area contributed by atoms with E-state index in [4.69, 9.17) is 0 Å². The average molecular weight is 619 g/mol. The smallest absolute Gasteiger partial charge is 0.261 e. The average Bonchev–Trinajstić information content (AvgIpc) is 3.01.